The van der Waals surface area contributed by atoms with Gasteiger partial charge in [0, 0.05) is 6.04 Å². The smallest absolute Gasteiger partial charge is 0.0158 e. The molecule has 0 spiro atoms. The summed E-state index contributed by atoms with van der Waals surface area (Å²) in [4.78, 5) is 0. The van der Waals surface area contributed by atoms with Gasteiger partial charge in [0.1, 0.15) is 0 Å². The lowest BCUT2D eigenvalue weighted by Crippen LogP contribution is -2.62. The van der Waals surface area contributed by atoms with Gasteiger partial charge in [0.05, 0.1) is 0 Å². The van der Waals surface area contributed by atoms with Crippen LogP contribution in [0, 0.1) is 11.3 Å². The highest BCUT2D eigenvalue weighted by molar-refractivity contribution is 5.29. The lowest BCUT2D eigenvalue weighted by Gasteiger charge is -2.59. The quantitative estimate of drug-likeness (QED) is 0.819. The third-order valence-electron chi connectivity index (χ3n) is 4.70. The summed E-state index contributed by atoms with van der Waals surface area (Å²) in [6, 6.07) is 11.7. The second-order valence-electron chi connectivity index (χ2n) is 6.21. The molecule has 18 heavy (non-hydrogen) atoms. The molecular weight excluding hydrogens is 218 g/mol. The first-order valence-corrected chi connectivity index (χ1v) is 7.41. The average molecular weight is 245 g/mol. The van der Waals surface area contributed by atoms with E-state index in [2.05, 4.69) is 63.3 Å². The summed E-state index contributed by atoms with van der Waals surface area (Å²) >= 11 is 0. The zero-order chi connectivity index (χ0) is 13.2. The molecule has 100 valence electrons. The summed E-state index contributed by atoms with van der Waals surface area (Å²) in [5.41, 5.74) is 1.89. The van der Waals surface area contributed by atoms with E-state index in [0.717, 1.165) is 12.5 Å². The summed E-state index contributed by atoms with van der Waals surface area (Å²) in [6.45, 7) is 10.6. The van der Waals surface area contributed by atoms with Crippen molar-refractivity contribution in [1.82, 2.24) is 5.32 Å². The molecule has 2 rings (SSSR count). The van der Waals surface area contributed by atoms with Gasteiger partial charge in [-0.1, -0.05) is 64.4 Å². The molecule has 0 radical (unpaired) electrons. The van der Waals surface area contributed by atoms with Crippen molar-refractivity contribution in [2.45, 2.75) is 52.5 Å². The first kappa shape index (κ1) is 13.6. The Balaban J connectivity index is 2.17. The van der Waals surface area contributed by atoms with Crippen LogP contribution in [0.4, 0.5) is 0 Å². The van der Waals surface area contributed by atoms with Gasteiger partial charge in [-0.05, 0) is 35.8 Å². The van der Waals surface area contributed by atoms with Crippen LogP contribution in [0.3, 0.4) is 0 Å². The molecule has 0 aromatic heterocycles. The van der Waals surface area contributed by atoms with Gasteiger partial charge in [-0.25, -0.2) is 0 Å². The maximum atomic E-state index is 3.76. The summed E-state index contributed by atoms with van der Waals surface area (Å²) in [6.07, 6.45) is 2.49. The predicted octanol–water partition coefficient (Wildman–Crippen LogP) is 4.20. The Bertz CT molecular complexity index is 368. The van der Waals surface area contributed by atoms with Crippen LogP contribution in [0.2, 0.25) is 0 Å². The minimum absolute atomic E-state index is 0.372. The van der Waals surface area contributed by atoms with Crippen LogP contribution in [0.15, 0.2) is 30.3 Å². The summed E-state index contributed by atoms with van der Waals surface area (Å²) < 4.78 is 0. The summed E-state index contributed by atoms with van der Waals surface area (Å²) in [5.74, 6) is 1.49. The van der Waals surface area contributed by atoms with E-state index in [1.165, 1.54) is 18.4 Å². The van der Waals surface area contributed by atoms with Crippen molar-refractivity contribution in [2.75, 3.05) is 6.54 Å². The largest absolute Gasteiger partial charge is 0.313 e. The molecule has 1 aromatic rings. The SMILES string of the molecule is CCCNC1C(CC)C(c2ccccc2)C1(C)C. The highest BCUT2D eigenvalue weighted by Crippen LogP contribution is 2.57. The summed E-state index contributed by atoms with van der Waals surface area (Å²) in [7, 11) is 0. The van der Waals surface area contributed by atoms with Gasteiger partial charge in [-0.15, -0.1) is 0 Å². The molecule has 0 heterocycles. The molecule has 0 aliphatic heterocycles. The third-order valence-corrected chi connectivity index (χ3v) is 4.70. The third kappa shape index (κ3) is 2.21. The van der Waals surface area contributed by atoms with Gasteiger partial charge in [-0.3, -0.25) is 0 Å². The second kappa shape index (κ2) is 5.44. The number of nitrogens with one attached hydrogen (secondary N) is 1. The second-order valence-corrected chi connectivity index (χ2v) is 6.21. The fourth-order valence-electron chi connectivity index (χ4n) is 3.89. The van der Waals surface area contributed by atoms with Gasteiger partial charge < -0.3 is 5.32 Å². The lowest BCUT2D eigenvalue weighted by molar-refractivity contribution is -0.0126. The van der Waals surface area contributed by atoms with Gasteiger partial charge in [0.15, 0.2) is 0 Å². The van der Waals surface area contributed by atoms with Crippen molar-refractivity contribution >= 4 is 0 Å². The molecule has 1 nitrogen and oxygen atoms in total. The molecule has 0 amide bonds. The van der Waals surface area contributed by atoms with Crippen molar-refractivity contribution in [2.24, 2.45) is 11.3 Å². The Hall–Kier alpha value is -0.820. The minimum Gasteiger partial charge on any atom is -0.313 e. The topological polar surface area (TPSA) is 12.0 Å². The maximum Gasteiger partial charge on any atom is 0.0158 e. The first-order valence-electron chi connectivity index (χ1n) is 7.41. The van der Waals surface area contributed by atoms with Crippen LogP contribution >= 0.6 is 0 Å². The zero-order valence-electron chi connectivity index (χ0n) is 12.2. The lowest BCUT2D eigenvalue weighted by atomic mass is 9.49. The van der Waals surface area contributed by atoms with Crippen LogP contribution < -0.4 is 5.32 Å². The molecule has 0 bridgehead atoms. The van der Waals surface area contributed by atoms with Crippen molar-refractivity contribution in [3.8, 4) is 0 Å². The molecule has 1 aliphatic carbocycles. The Morgan fingerprint density at radius 2 is 1.78 bits per heavy atom. The van der Waals surface area contributed by atoms with Crippen LogP contribution in [0.25, 0.3) is 0 Å². The predicted molar refractivity (Wildman–Crippen MR) is 78.8 cm³/mol. The molecule has 1 N–H and O–H groups in total. The van der Waals surface area contributed by atoms with Crippen LogP contribution in [-0.2, 0) is 0 Å². The molecule has 1 fully saturated rings. The number of hydrogen-bond acceptors (Lipinski definition) is 1. The molecule has 1 aliphatic rings. The molecular formula is C17H27N. The van der Waals surface area contributed by atoms with Crippen LogP contribution in [-0.4, -0.2) is 12.6 Å². The van der Waals surface area contributed by atoms with Crippen LogP contribution in [0.1, 0.15) is 52.0 Å². The normalized spacial score (nSPS) is 29.9. The van der Waals surface area contributed by atoms with Crippen LogP contribution in [0.5, 0.6) is 0 Å². The fourth-order valence-corrected chi connectivity index (χ4v) is 3.89. The van der Waals surface area contributed by atoms with Crippen molar-refractivity contribution in [3.63, 3.8) is 0 Å². The number of rotatable bonds is 5. The average Bonchev–Trinajstić information content (AvgIpc) is 2.37. The molecule has 1 heteroatoms. The van der Waals surface area contributed by atoms with E-state index in [1.54, 1.807) is 0 Å². The number of hydrogen-bond donors (Lipinski definition) is 1. The zero-order valence-corrected chi connectivity index (χ0v) is 12.2. The van der Waals surface area contributed by atoms with Gasteiger partial charge in [-0.2, -0.15) is 0 Å². The van der Waals surface area contributed by atoms with E-state index < -0.39 is 0 Å². The summed E-state index contributed by atoms with van der Waals surface area (Å²) in [5, 5.41) is 3.76. The van der Waals surface area contributed by atoms with Crippen molar-refractivity contribution in [1.29, 1.82) is 0 Å². The van der Waals surface area contributed by atoms with Crippen molar-refractivity contribution < 1.29 is 0 Å². The monoisotopic (exact) mass is 245 g/mol. The van der Waals surface area contributed by atoms with E-state index in [4.69, 9.17) is 0 Å². The van der Waals surface area contributed by atoms with Crippen molar-refractivity contribution in [3.05, 3.63) is 35.9 Å². The molecule has 0 saturated heterocycles. The molecule has 3 atom stereocenters. The maximum absolute atomic E-state index is 3.76. The van der Waals surface area contributed by atoms with E-state index in [1.807, 2.05) is 0 Å². The molecule has 3 unspecified atom stereocenters. The Labute approximate surface area is 112 Å². The minimum atomic E-state index is 0.372. The first-order chi connectivity index (χ1) is 8.62. The highest BCUT2D eigenvalue weighted by Gasteiger charge is 2.55. The Morgan fingerprint density at radius 1 is 1.11 bits per heavy atom. The molecule has 1 aromatic carbocycles. The van der Waals surface area contributed by atoms with Gasteiger partial charge in [0.2, 0.25) is 0 Å². The van der Waals surface area contributed by atoms with Gasteiger partial charge in [0.25, 0.3) is 0 Å². The molecule has 1 saturated carbocycles. The number of benzene rings is 1. The van der Waals surface area contributed by atoms with E-state index in [-0.39, 0.29) is 0 Å². The van der Waals surface area contributed by atoms with E-state index >= 15 is 0 Å². The highest BCUT2D eigenvalue weighted by atomic mass is 15.0. The Morgan fingerprint density at radius 3 is 2.33 bits per heavy atom. The standard InChI is InChI=1S/C17H27N/c1-5-12-18-16-14(6-2)15(17(16,3)4)13-10-8-7-9-11-13/h7-11,14-16,18H,5-6,12H2,1-4H3. The fraction of sp³-hybridized carbons (Fsp3) is 0.647. The van der Waals surface area contributed by atoms with Gasteiger partial charge >= 0.3 is 0 Å². The Kier molecular flexibility index (Phi) is 4.11. The van der Waals surface area contributed by atoms with E-state index in [9.17, 15) is 0 Å². The van der Waals surface area contributed by atoms with E-state index in [0.29, 0.717) is 17.4 Å².